The first-order valence-electron chi connectivity index (χ1n) is 7.30. The molecule has 1 aliphatic carbocycles. The molecule has 2 aromatic rings. The van der Waals surface area contributed by atoms with E-state index in [0.29, 0.717) is 5.92 Å². The fourth-order valence-electron chi connectivity index (χ4n) is 2.90. The maximum Gasteiger partial charge on any atom is 0.122 e. The lowest BCUT2D eigenvalue weighted by Crippen LogP contribution is -2.28. The number of rotatable bonds is 6. The lowest BCUT2D eigenvalue weighted by molar-refractivity contribution is 0.393. The summed E-state index contributed by atoms with van der Waals surface area (Å²) < 4.78 is 10.6. The fraction of sp³-hybridized carbons (Fsp3) is 0.333. The van der Waals surface area contributed by atoms with E-state index in [1.54, 1.807) is 14.2 Å². The molecule has 2 aromatic carbocycles. The molecule has 110 valence electrons. The summed E-state index contributed by atoms with van der Waals surface area (Å²) >= 11 is 0. The molecular weight excluding hydrogens is 262 g/mol. The molecule has 0 aromatic heterocycles. The zero-order valence-electron chi connectivity index (χ0n) is 12.6. The van der Waals surface area contributed by atoms with E-state index in [-0.39, 0.29) is 0 Å². The summed E-state index contributed by atoms with van der Waals surface area (Å²) in [5.41, 5.74) is 4.17. The van der Waals surface area contributed by atoms with E-state index in [4.69, 9.17) is 9.47 Å². The maximum absolute atomic E-state index is 5.30. The van der Waals surface area contributed by atoms with E-state index in [9.17, 15) is 0 Å². The summed E-state index contributed by atoms with van der Waals surface area (Å²) in [5, 5.41) is 3.54. The number of ether oxygens (including phenoxy) is 2. The number of nitrogens with one attached hydrogen (secondary N) is 1. The van der Waals surface area contributed by atoms with Gasteiger partial charge in [-0.3, -0.25) is 0 Å². The van der Waals surface area contributed by atoms with Crippen molar-refractivity contribution in [1.29, 1.82) is 0 Å². The minimum atomic E-state index is 0.647. The van der Waals surface area contributed by atoms with Crippen molar-refractivity contribution in [1.82, 2.24) is 5.32 Å². The predicted molar refractivity (Wildman–Crippen MR) is 84.1 cm³/mol. The molecule has 0 heterocycles. The SMILES string of the molecule is COc1cc(CNCC2Cc3ccccc32)cc(OC)c1. The van der Waals surface area contributed by atoms with Gasteiger partial charge < -0.3 is 14.8 Å². The van der Waals surface area contributed by atoms with Gasteiger partial charge in [0.1, 0.15) is 11.5 Å². The number of benzene rings is 2. The van der Waals surface area contributed by atoms with Crippen LogP contribution in [0.4, 0.5) is 0 Å². The van der Waals surface area contributed by atoms with Crippen molar-refractivity contribution < 1.29 is 9.47 Å². The van der Waals surface area contributed by atoms with Crippen LogP contribution in [0.15, 0.2) is 42.5 Å². The Morgan fingerprint density at radius 3 is 2.43 bits per heavy atom. The van der Waals surface area contributed by atoms with Crippen molar-refractivity contribution in [2.45, 2.75) is 18.9 Å². The van der Waals surface area contributed by atoms with Crippen LogP contribution in [0.1, 0.15) is 22.6 Å². The van der Waals surface area contributed by atoms with Gasteiger partial charge in [-0.05, 0) is 35.2 Å². The Hall–Kier alpha value is -2.00. The van der Waals surface area contributed by atoms with Crippen LogP contribution >= 0.6 is 0 Å². The third-order valence-corrected chi connectivity index (χ3v) is 4.09. The van der Waals surface area contributed by atoms with Gasteiger partial charge in [0.05, 0.1) is 14.2 Å². The molecule has 21 heavy (non-hydrogen) atoms. The summed E-state index contributed by atoms with van der Waals surface area (Å²) in [4.78, 5) is 0. The van der Waals surface area contributed by atoms with Gasteiger partial charge in [-0.15, -0.1) is 0 Å². The van der Waals surface area contributed by atoms with Gasteiger partial charge in [0.2, 0.25) is 0 Å². The van der Waals surface area contributed by atoms with Crippen LogP contribution in [-0.2, 0) is 13.0 Å². The molecule has 0 amide bonds. The van der Waals surface area contributed by atoms with E-state index in [0.717, 1.165) is 24.6 Å². The molecule has 3 nitrogen and oxygen atoms in total. The third-order valence-electron chi connectivity index (χ3n) is 4.09. The highest BCUT2D eigenvalue weighted by molar-refractivity contribution is 5.40. The molecule has 3 heteroatoms. The molecule has 1 aliphatic rings. The summed E-state index contributed by atoms with van der Waals surface area (Å²) in [6.07, 6.45) is 1.19. The molecule has 0 aliphatic heterocycles. The van der Waals surface area contributed by atoms with Crippen LogP contribution in [0.25, 0.3) is 0 Å². The van der Waals surface area contributed by atoms with E-state index in [1.165, 1.54) is 23.1 Å². The lowest BCUT2D eigenvalue weighted by atomic mass is 9.77. The average Bonchev–Trinajstić information content (AvgIpc) is 2.51. The first kappa shape index (κ1) is 14.0. The van der Waals surface area contributed by atoms with E-state index < -0.39 is 0 Å². The van der Waals surface area contributed by atoms with Crippen LogP contribution < -0.4 is 14.8 Å². The molecule has 1 N–H and O–H groups in total. The highest BCUT2D eigenvalue weighted by Crippen LogP contribution is 2.34. The molecule has 0 saturated heterocycles. The minimum Gasteiger partial charge on any atom is -0.497 e. The van der Waals surface area contributed by atoms with E-state index in [2.05, 4.69) is 29.6 Å². The monoisotopic (exact) mass is 283 g/mol. The van der Waals surface area contributed by atoms with Crippen molar-refractivity contribution in [3.63, 3.8) is 0 Å². The number of hydrogen-bond donors (Lipinski definition) is 1. The van der Waals surface area contributed by atoms with Gasteiger partial charge in [-0.2, -0.15) is 0 Å². The van der Waals surface area contributed by atoms with Gasteiger partial charge in [-0.25, -0.2) is 0 Å². The first-order valence-corrected chi connectivity index (χ1v) is 7.30. The Morgan fingerprint density at radius 2 is 1.76 bits per heavy atom. The predicted octanol–water partition coefficient (Wildman–Crippen LogP) is 3.13. The normalized spacial score (nSPS) is 16.0. The Balaban J connectivity index is 1.57. The zero-order chi connectivity index (χ0) is 14.7. The summed E-state index contributed by atoms with van der Waals surface area (Å²) in [7, 11) is 3.36. The van der Waals surface area contributed by atoms with Crippen LogP contribution in [0, 0.1) is 0 Å². The van der Waals surface area contributed by atoms with Gasteiger partial charge in [0, 0.05) is 25.1 Å². The average molecular weight is 283 g/mol. The van der Waals surface area contributed by atoms with Crippen LogP contribution in [0.5, 0.6) is 11.5 Å². The van der Waals surface area contributed by atoms with Gasteiger partial charge in [0.25, 0.3) is 0 Å². The molecule has 1 atom stereocenters. The topological polar surface area (TPSA) is 30.5 Å². The summed E-state index contributed by atoms with van der Waals surface area (Å²) in [6.45, 7) is 1.84. The van der Waals surface area contributed by atoms with Gasteiger partial charge >= 0.3 is 0 Å². The molecular formula is C18H21NO2. The number of methoxy groups -OCH3 is 2. The number of fused-ring (bicyclic) bond motifs is 1. The van der Waals surface area contributed by atoms with Crippen LogP contribution in [-0.4, -0.2) is 20.8 Å². The number of hydrogen-bond acceptors (Lipinski definition) is 3. The molecule has 1 unspecified atom stereocenters. The maximum atomic E-state index is 5.30. The second kappa shape index (κ2) is 6.19. The Kier molecular flexibility index (Phi) is 4.11. The Labute approximate surface area is 125 Å². The summed E-state index contributed by atoms with van der Waals surface area (Å²) in [6, 6.07) is 14.7. The Morgan fingerprint density at radius 1 is 1.05 bits per heavy atom. The first-order chi connectivity index (χ1) is 10.3. The molecule has 3 rings (SSSR count). The molecule has 0 saturated carbocycles. The summed E-state index contributed by atoms with van der Waals surface area (Å²) in [5.74, 6) is 2.31. The third kappa shape index (κ3) is 3.03. The van der Waals surface area contributed by atoms with Crippen molar-refractivity contribution >= 4 is 0 Å². The van der Waals surface area contributed by atoms with Gasteiger partial charge in [-0.1, -0.05) is 24.3 Å². The Bertz CT molecular complexity index is 602. The molecule has 0 radical (unpaired) electrons. The van der Waals surface area contributed by atoms with E-state index >= 15 is 0 Å². The van der Waals surface area contributed by atoms with Crippen molar-refractivity contribution in [3.05, 3.63) is 59.2 Å². The van der Waals surface area contributed by atoms with Crippen molar-refractivity contribution in [3.8, 4) is 11.5 Å². The fourth-order valence-corrected chi connectivity index (χ4v) is 2.90. The molecule has 0 fully saturated rings. The van der Waals surface area contributed by atoms with E-state index in [1.807, 2.05) is 18.2 Å². The highest BCUT2D eigenvalue weighted by atomic mass is 16.5. The second-order valence-electron chi connectivity index (χ2n) is 5.45. The van der Waals surface area contributed by atoms with Crippen LogP contribution in [0.3, 0.4) is 0 Å². The van der Waals surface area contributed by atoms with Crippen molar-refractivity contribution in [2.24, 2.45) is 0 Å². The quantitative estimate of drug-likeness (QED) is 0.883. The standard InChI is InChI=1S/C18H21NO2/c1-20-16-7-13(8-17(10-16)21-2)11-19-12-15-9-14-5-3-4-6-18(14)15/h3-8,10,15,19H,9,11-12H2,1-2H3. The smallest absolute Gasteiger partial charge is 0.122 e. The second-order valence-corrected chi connectivity index (χ2v) is 5.45. The van der Waals surface area contributed by atoms with Crippen molar-refractivity contribution in [2.75, 3.05) is 20.8 Å². The zero-order valence-corrected chi connectivity index (χ0v) is 12.6. The molecule has 0 bridgehead atoms. The highest BCUT2D eigenvalue weighted by Gasteiger charge is 2.24. The largest absolute Gasteiger partial charge is 0.497 e. The molecule has 0 spiro atoms. The lowest BCUT2D eigenvalue weighted by Gasteiger charge is -2.30. The van der Waals surface area contributed by atoms with Crippen LogP contribution in [0.2, 0.25) is 0 Å². The minimum absolute atomic E-state index is 0.647. The van der Waals surface area contributed by atoms with Gasteiger partial charge in [0.15, 0.2) is 0 Å².